The largest absolute Gasteiger partial charge is 0.464 e. The summed E-state index contributed by atoms with van der Waals surface area (Å²) in [6.45, 7) is 4.52. The Morgan fingerprint density at radius 3 is 3.06 bits per heavy atom. The topological polar surface area (TPSA) is 58.2 Å². The number of aromatic nitrogens is 2. The zero-order chi connectivity index (χ0) is 12.5. The zero-order valence-corrected chi connectivity index (χ0v) is 10.7. The fourth-order valence-corrected chi connectivity index (χ4v) is 3.00. The molecule has 1 N–H and O–H groups in total. The van der Waals surface area contributed by atoms with Crippen LogP contribution in [0.15, 0.2) is 6.07 Å². The van der Waals surface area contributed by atoms with Gasteiger partial charge in [-0.05, 0) is 32.4 Å². The number of likely N-dealkylation sites (tertiary alicyclic amines) is 1. The lowest BCUT2D eigenvalue weighted by Crippen LogP contribution is -2.44. The number of cyclic esters (lactones) is 1. The summed E-state index contributed by atoms with van der Waals surface area (Å²) < 4.78 is 5.06. The number of aromatic amines is 1. The minimum atomic E-state index is -0.0474. The molecule has 3 heterocycles. The number of piperidine rings is 1. The molecule has 18 heavy (non-hydrogen) atoms. The predicted molar refractivity (Wildman–Crippen MR) is 66.2 cm³/mol. The van der Waals surface area contributed by atoms with Crippen LogP contribution in [-0.4, -0.2) is 46.8 Å². The van der Waals surface area contributed by atoms with E-state index in [1.807, 2.05) is 6.92 Å². The van der Waals surface area contributed by atoms with E-state index in [4.69, 9.17) is 4.74 Å². The number of nitrogens with one attached hydrogen (secondary N) is 1. The van der Waals surface area contributed by atoms with Gasteiger partial charge in [0, 0.05) is 24.6 Å². The van der Waals surface area contributed by atoms with E-state index in [9.17, 15) is 4.79 Å². The second-order valence-electron chi connectivity index (χ2n) is 5.28. The number of hydrogen-bond donors (Lipinski definition) is 1. The number of nitrogens with zero attached hydrogens (tertiary/aromatic N) is 2. The Balaban J connectivity index is 1.70. The average molecular weight is 249 g/mol. The van der Waals surface area contributed by atoms with Gasteiger partial charge in [0.05, 0.1) is 12.3 Å². The maximum absolute atomic E-state index is 11.6. The molecule has 2 fully saturated rings. The summed E-state index contributed by atoms with van der Waals surface area (Å²) in [6, 6.07) is 2.09. The SMILES string of the molecule is Cc1cc([C@@H]2CCCN([C@@H]3CCOC3=O)C2)n[nH]1. The van der Waals surface area contributed by atoms with Gasteiger partial charge in [0.25, 0.3) is 0 Å². The number of esters is 1. The average Bonchev–Trinajstić information content (AvgIpc) is 2.98. The molecule has 5 nitrogen and oxygen atoms in total. The molecular weight excluding hydrogens is 230 g/mol. The van der Waals surface area contributed by atoms with E-state index in [-0.39, 0.29) is 12.0 Å². The highest BCUT2D eigenvalue weighted by atomic mass is 16.5. The van der Waals surface area contributed by atoms with Crippen LogP contribution in [0.5, 0.6) is 0 Å². The molecule has 0 unspecified atom stereocenters. The molecule has 1 aromatic heterocycles. The second kappa shape index (κ2) is 4.72. The minimum Gasteiger partial charge on any atom is -0.464 e. The Labute approximate surface area is 107 Å². The van der Waals surface area contributed by atoms with Crippen LogP contribution in [0, 0.1) is 6.92 Å². The Morgan fingerprint density at radius 2 is 2.39 bits per heavy atom. The maximum Gasteiger partial charge on any atom is 0.323 e. The molecule has 5 heteroatoms. The summed E-state index contributed by atoms with van der Waals surface area (Å²) in [7, 11) is 0. The number of rotatable bonds is 2. The number of carbonyl (C=O) groups excluding carboxylic acids is 1. The molecule has 0 bridgehead atoms. The first-order valence-electron chi connectivity index (χ1n) is 6.66. The van der Waals surface area contributed by atoms with Gasteiger partial charge >= 0.3 is 5.97 Å². The van der Waals surface area contributed by atoms with Gasteiger partial charge in [0.2, 0.25) is 0 Å². The van der Waals surface area contributed by atoms with Crippen LogP contribution >= 0.6 is 0 Å². The van der Waals surface area contributed by atoms with Gasteiger partial charge in [-0.2, -0.15) is 5.10 Å². The Hall–Kier alpha value is -1.36. The molecule has 0 radical (unpaired) electrons. The number of ether oxygens (including phenoxy) is 1. The highest BCUT2D eigenvalue weighted by Crippen LogP contribution is 2.28. The first-order chi connectivity index (χ1) is 8.74. The van der Waals surface area contributed by atoms with Crippen LogP contribution in [0.4, 0.5) is 0 Å². The van der Waals surface area contributed by atoms with Crippen molar-refractivity contribution < 1.29 is 9.53 Å². The number of aryl methyl sites for hydroxylation is 1. The molecule has 0 spiro atoms. The fraction of sp³-hybridized carbons (Fsp3) is 0.692. The molecule has 1 aromatic rings. The highest BCUT2D eigenvalue weighted by molar-refractivity contribution is 5.77. The van der Waals surface area contributed by atoms with E-state index < -0.39 is 0 Å². The first-order valence-corrected chi connectivity index (χ1v) is 6.66. The summed E-state index contributed by atoms with van der Waals surface area (Å²) in [4.78, 5) is 13.9. The van der Waals surface area contributed by atoms with Crippen molar-refractivity contribution in [3.63, 3.8) is 0 Å². The third kappa shape index (κ3) is 2.14. The van der Waals surface area contributed by atoms with Gasteiger partial charge < -0.3 is 4.74 Å². The first kappa shape index (κ1) is 11.7. The van der Waals surface area contributed by atoms with Crippen molar-refractivity contribution in [3.05, 3.63) is 17.5 Å². The third-order valence-corrected chi connectivity index (χ3v) is 3.95. The van der Waals surface area contributed by atoms with Gasteiger partial charge in [-0.3, -0.25) is 14.8 Å². The van der Waals surface area contributed by atoms with Gasteiger partial charge in [0.1, 0.15) is 6.04 Å². The lowest BCUT2D eigenvalue weighted by Gasteiger charge is -2.34. The molecule has 2 atom stereocenters. The highest BCUT2D eigenvalue weighted by Gasteiger charge is 2.35. The molecule has 0 aliphatic carbocycles. The number of H-pyrrole nitrogens is 1. The minimum absolute atomic E-state index is 0.0205. The van der Waals surface area contributed by atoms with Crippen molar-refractivity contribution >= 4 is 5.97 Å². The van der Waals surface area contributed by atoms with Crippen LogP contribution in [0.1, 0.15) is 36.6 Å². The quantitative estimate of drug-likeness (QED) is 0.800. The molecule has 0 saturated carbocycles. The van der Waals surface area contributed by atoms with Crippen LogP contribution in [0.3, 0.4) is 0 Å². The van der Waals surface area contributed by atoms with Gasteiger partial charge in [-0.25, -0.2) is 0 Å². The molecule has 2 saturated heterocycles. The van der Waals surface area contributed by atoms with Crippen LogP contribution in [0.25, 0.3) is 0 Å². The van der Waals surface area contributed by atoms with Crippen molar-refractivity contribution in [1.82, 2.24) is 15.1 Å². The standard InChI is InChI=1S/C13H19N3O2/c1-9-7-11(15-14-9)10-3-2-5-16(8-10)12-4-6-18-13(12)17/h7,10,12H,2-6,8H2,1H3,(H,14,15)/t10-,12-/m1/s1. The Kier molecular flexibility index (Phi) is 3.07. The van der Waals surface area contributed by atoms with Crippen LogP contribution in [-0.2, 0) is 9.53 Å². The lowest BCUT2D eigenvalue weighted by molar-refractivity contribution is -0.142. The van der Waals surface area contributed by atoms with Crippen LogP contribution < -0.4 is 0 Å². The maximum atomic E-state index is 11.6. The van der Waals surface area contributed by atoms with E-state index in [2.05, 4.69) is 21.2 Å². The van der Waals surface area contributed by atoms with Crippen molar-refractivity contribution in [2.45, 2.75) is 38.1 Å². The van der Waals surface area contributed by atoms with Gasteiger partial charge in [-0.15, -0.1) is 0 Å². The van der Waals surface area contributed by atoms with E-state index in [1.165, 1.54) is 0 Å². The third-order valence-electron chi connectivity index (χ3n) is 3.95. The molecule has 98 valence electrons. The van der Waals surface area contributed by atoms with E-state index in [0.29, 0.717) is 12.5 Å². The zero-order valence-electron chi connectivity index (χ0n) is 10.7. The van der Waals surface area contributed by atoms with E-state index >= 15 is 0 Å². The summed E-state index contributed by atoms with van der Waals surface area (Å²) >= 11 is 0. The summed E-state index contributed by atoms with van der Waals surface area (Å²) in [6.07, 6.45) is 3.12. The fourth-order valence-electron chi connectivity index (χ4n) is 3.00. The number of hydrogen-bond acceptors (Lipinski definition) is 4. The van der Waals surface area contributed by atoms with Gasteiger partial charge in [-0.1, -0.05) is 0 Å². The van der Waals surface area contributed by atoms with E-state index in [1.54, 1.807) is 0 Å². The molecule has 3 rings (SSSR count). The lowest BCUT2D eigenvalue weighted by atomic mass is 9.93. The molecule has 0 aromatic carbocycles. The summed E-state index contributed by atoms with van der Waals surface area (Å²) in [5.74, 6) is 0.394. The normalized spacial score (nSPS) is 29.5. The van der Waals surface area contributed by atoms with Crippen molar-refractivity contribution in [2.24, 2.45) is 0 Å². The van der Waals surface area contributed by atoms with E-state index in [0.717, 1.165) is 43.7 Å². The Morgan fingerprint density at radius 1 is 1.50 bits per heavy atom. The molecule has 2 aliphatic heterocycles. The van der Waals surface area contributed by atoms with Crippen molar-refractivity contribution in [1.29, 1.82) is 0 Å². The monoisotopic (exact) mass is 249 g/mol. The van der Waals surface area contributed by atoms with Gasteiger partial charge in [0.15, 0.2) is 0 Å². The summed E-state index contributed by atoms with van der Waals surface area (Å²) in [5.41, 5.74) is 2.23. The molecular formula is C13H19N3O2. The smallest absolute Gasteiger partial charge is 0.323 e. The number of carbonyl (C=O) groups is 1. The predicted octanol–water partition coefficient (Wildman–Crippen LogP) is 1.21. The van der Waals surface area contributed by atoms with Crippen molar-refractivity contribution in [2.75, 3.05) is 19.7 Å². The van der Waals surface area contributed by atoms with Crippen LogP contribution in [0.2, 0.25) is 0 Å². The molecule has 2 aliphatic rings. The van der Waals surface area contributed by atoms with Crippen molar-refractivity contribution in [3.8, 4) is 0 Å². The molecule has 0 amide bonds. The summed E-state index contributed by atoms with van der Waals surface area (Å²) in [5, 5.41) is 7.35. The Bertz CT molecular complexity index is 443. The second-order valence-corrected chi connectivity index (χ2v) is 5.28.